The van der Waals surface area contributed by atoms with E-state index in [1.54, 1.807) is 0 Å². The molecule has 2 aliphatic carbocycles. The molecule has 2 atom stereocenters. The van der Waals surface area contributed by atoms with Crippen LogP contribution in [-0.4, -0.2) is 49.0 Å². The van der Waals surface area contributed by atoms with Crippen LogP contribution in [0.3, 0.4) is 0 Å². The van der Waals surface area contributed by atoms with Crippen molar-refractivity contribution in [1.82, 2.24) is 34.7 Å². The number of pyridine rings is 2. The number of aromatic nitrogens is 6. The van der Waals surface area contributed by atoms with Gasteiger partial charge in [0.05, 0.1) is 30.3 Å². The van der Waals surface area contributed by atoms with E-state index >= 15 is 0 Å². The van der Waals surface area contributed by atoms with Crippen LogP contribution >= 0.6 is 0 Å². The van der Waals surface area contributed by atoms with Crippen molar-refractivity contribution >= 4 is 11.3 Å². The summed E-state index contributed by atoms with van der Waals surface area (Å²) in [5, 5.41) is 12.4. The molecule has 8 nitrogen and oxygen atoms in total. The summed E-state index contributed by atoms with van der Waals surface area (Å²) in [6.45, 7) is 4.94. The second kappa shape index (κ2) is 8.20. The first kappa shape index (κ1) is 20.1. The molecule has 0 spiro atoms. The minimum atomic E-state index is 0.590. The Balaban J connectivity index is 1.03. The van der Waals surface area contributed by atoms with E-state index in [0.29, 0.717) is 6.54 Å². The van der Waals surface area contributed by atoms with E-state index in [1.807, 2.05) is 23.3 Å². The summed E-state index contributed by atoms with van der Waals surface area (Å²) >= 11 is 0. The first-order valence-electron chi connectivity index (χ1n) is 12.5. The van der Waals surface area contributed by atoms with Crippen LogP contribution in [0.4, 0.5) is 5.69 Å². The van der Waals surface area contributed by atoms with Crippen molar-refractivity contribution in [3.8, 4) is 11.3 Å². The van der Waals surface area contributed by atoms with Gasteiger partial charge in [-0.15, -0.1) is 5.10 Å². The molecule has 0 aromatic carbocycles. The summed E-state index contributed by atoms with van der Waals surface area (Å²) in [4.78, 5) is 11.7. The van der Waals surface area contributed by atoms with Crippen LogP contribution in [0.5, 0.6) is 0 Å². The van der Waals surface area contributed by atoms with Crippen LogP contribution in [0.15, 0.2) is 49.2 Å². The number of hydrogen-bond donors (Lipinski definition) is 1. The van der Waals surface area contributed by atoms with E-state index in [1.165, 1.54) is 36.9 Å². The molecule has 7 rings (SSSR count). The molecule has 1 N–H and O–H groups in total. The lowest BCUT2D eigenvalue weighted by atomic mass is 9.85. The van der Waals surface area contributed by atoms with Gasteiger partial charge >= 0.3 is 0 Å². The maximum atomic E-state index is 4.77. The highest BCUT2D eigenvalue weighted by atomic mass is 15.4. The Bertz CT molecular complexity index is 1310. The summed E-state index contributed by atoms with van der Waals surface area (Å²) in [6, 6.07) is 6.45. The van der Waals surface area contributed by atoms with Crippen LogP contribution in [0.25, 0.3) is 16.9 Å². The van der Waals surface area contributed by atoms with Gasteiger partial charge < -0.3 is 14.6 Å². The summed E-state index contributed by atoms with van der Waals surface area (Å²) in [6.07, 6.45) is 15.6. The van der Waals surface area contributed by atoms with Gasteiger partial charge in [-0.1, -0.05) is 17.7 Å². The molecule has 2 saturated carbocycles. The largest absolute Gasteiger partial charge is 0.370 e. The van der Waals surface area contributed by atoms with Gasteiger partial charge in [0, 0.05) is 43.8 Å². The molecular formula is C26H30N8. The molecule has 8 heteroatoms. The van der Waals surface area contributed by atoms with E-state index in [0.717, 1.165) is 66.5 Å². The third-order valence-corrected chi connectivity index (χ3v) is 7.78. The Morgan fingerprint density at radius 3 is 2.79 bits per heavy atom. The van der Waals surface area contributed by atoms with Crippen molar-refractivity contribution in [3.63, 3.8) is 0 Å². The van der Waals surface area contributed by atoms with E-state index in [2.05, 4.69) is 60.5 Å². The second-order valence-electron chi connectivity index (χ2n) is 10.4. The minimum absolute atomic E-state index is 0.590. The van der Waals surface area contributed by atoms with E-state index in [4.69, 9.17) is 4.98 Å². The van der Waals surface area contributed by atoms with Gasteiger partial charge in [0.25, 0.3) is 0 Å². The zero-order valence-corrected chi connectivity index (χ0v) is 19.3. The Kier molecular flexibility index (Phi) is 4.86. The Hall–Kier alpha value is -3.26. The number of piperidine rings is 1. The number of nitrogens with one attached hydrogen (secondary N) is 1. The summed E-state index contributed by atoms with van der Waals surface area (Å²) in [5.74, 6) is 2.67. The highest BCUT2D eigenvalue weighted by Gasteiger charge is 2.45. The maximum absolute atomic E-state index is 4.77. The lowest BCUT2D eigenvalue weighted by Crippen LogP contribution is -2.26. The third kappa shape index (κ3) is 3.96. The van der Waals surface area contributed by atoms with Gasteiger partial charge in [-0.25, -0.2) is 9.67 Å². The molecule has 4 aromatic heterocycles. The standard InChI is InChI=1S/C26H30N8/c1-2-18(3-1)8-27-9-19-4-5-26-29-23(15-33(26)12-19)16-34-17-25(30-31-34)20-7-24(11-28-10-20)32-13-21-6-22(21)14-32/h4-5,7,10-12,15,17-18,21-22,27H,1-3,6,8-9,13-14,16H2. The lowest BCUT2D eigenvalue weighted by molar-refractivity contribution is 0.301. The summed E-state index contributed by atoms with van der Waals surface area (Å²) in [5.41, 5.74) is 6.26. The van der Waals surface area contributed by atoms with Gasteiger partial charge in [0.15, 0.2) is 0 Å². The minimum Gasteiger partial charge on any atom is -0.370 e. The fraction of sp³-hybridized carbons (Fsp3) is 0.462. The van der Waals surface area contributed by atoms with Gasteiger partial charge in [0.1, 0.15) is 11.3 Å². The molecule has 2 unspecified atom stereocenters. The third-order valence-electron chi connectivity index (χ3n) is 7.78. The molecule has 3 aliphatic rings. The second-order valence-corrected chi connectivity index (χ2v) is 10.4. The topological polar surface area (TPSA) is 76.2 Å². The van der Waals surface area contributed by atoms with E-state index < -0.39 is 0 Å². The highest BCUT2D eigenvalue weighted by molar-refractivity contribution is 5.63. The monoisotopic (exact) mass is 454 g/mol. The molecule has 1 aliphatic heterocycles. The molecule has 4 aromatic rings. The number of imidazole rings is 1. The quantitative estimate of drug-likeness (QED) is 0.440. The van der Waals surface area contributed by atoms with E-state index in [-0.39, 0.29) is 0 Å². The molecular weight excluding hydrogens is 424 g/mol. The van der Waals surface area contributed by atoms with Crippen molar-refractivity contribution in [3.05, 3.63) is 60.4 Å². The summed E-state index contributed by atoms with van der Waals surface area (Å²) in [7, 11) is 0. The lowest BCUT2D eigenvalue weighted by Gasteiger charge is -2.25. The molecule has 3 fully saturated rings. The zero-order valence-electron chi connectivity index (χ0n) is 19.3. The molecule has 5 heterocycles. The van der Waals surface area contributed by atoms with Gasteiger partial charge in [0.2, 0.25) is 0 Å². The van der Waals surface area contributed by atoms with Crippen molar-refractivity contribution in [1.29, 1.82) is 0 Å². The first-order chi connectivity index (χ1) is 16.8. The van der Waals surface area contributed by atoms with Crippen LogP contribution < -0.4 is 10.2 Å². The number of anilines is 1. The zero-order chi connectivity index (χ0) is 22.5. The molecule has 1 saturated heterocycles. The van der Waals surface area contributed by atoms with Crippen molar-refractivity contribution in [2.75, 3.05) is 24.5 Å². The van der Waals surface area contributed by atoms with Crippen LogP contribution in [-0.2, 0) is 13.1 Å². The van der Waals surface area contributed by atoms with Gasteiger partial charge in [-0.05, 0) is 61.3 Å². The Morgan fingerprint density at radius 1 is 1.03 bits per heavy atom. The molecule has 0 amide bonds. The van der Waals surface area contributed by atoms with Crippen LogP contribution in [0.1, 0.15) is 36.9 Å². The smallest absolute Gasteiger partial charge is 0.137 e. The molecule has 34 heavy (non-hydrogen) atoms. The fourth-order valence-electron chi connectivity index (χ4n) is 5.41. The van der Waals surface area contributed by atoms with Gasteiger partial charge in [-0.3, -0.25) is 4.98 Å². The number of rotatable bonds is 8. The van der Waals surface area contributed by atoms with Crippen LogP contribution in [0, 0.1) is 17.8 Å². The normalized spacial score (nSPS) is 21.7. The predicted octanol–water partition coefficient (Wildman–Crippen LogP) is 3.38. The van der Waals surface area contributed by atoms with Crippen molar-refractivity contribution in [2.45, 2.75) is 38.8 Å². The number of nitrogens with zero attached hydrogens (tertiary/aromatic N) is 7. The SMILES string of the molecule is c1cc2nc(Cn3cc(-c4cncc(N5CC6CC6C5)c4)nn3)cn2cc1CNCC1CCC1. The number of hydrogen-bond acceptors (Lipinski definition) is 6. The Labute approximate surface area is 199 Å². The number of fused-ring (bicyclic) bond motifs is 2. The first-order valence-corrected chi connectivity index (χ1v) is 12.5. The van der Waals surface area contributed by atoms with E-state index in [9.17, 15) is 0 Å². The van der Waals surface area contributed by atoms with Crippen molar-refractivity contribution in [2.24, 2.45) is 17.8 Å². The molecule has 0 bridgehead atoms. The maximum Gasteiger partial charge on any atom is 0.137 e. The summed E-state index contributed by atoms with van der Waals surface area (Å²) < 4.78 is 3.97. The fourth-order valence-corrected chi connectivity index (χ4v) is 5.41. The average Bonchev–Trinajstić information content (AvgIpc) is 3.19. The van der Waals surface area contributed by atoms with Gasteiger partial charge in [-0.2, -0.15) is 0 Å². The van der Waals surface area contributed by atoms with Crippen LogP contribution in [0.2, 0.25) is 0 Å². The molecule has 174 valence electrons. The van der Waals surface area contributed by atoms with Crippen molar-refractivity contribution < 1.29 is 0 Å². The predicted molar refractivity (Wildman–Crippen MR) is 130 cm³/mol. The average molecular weight is 455 g/mol. The highest BCUT2D eigenvalue weighted by Crippen LogP contribution is 2.46. The Morgan fingerprint density at radius 2 is 1.94 bits per heavy atom. The molecule has 0 radical (unpaired) electrons.